The normalized spacial score (nSPS) is 19.0. The van der Waals surface area contributed by atoms with Gasteiger partial charge in [0, 0.05) is 32.2 Å². The predicted octanol–water partition coefficient (Wildman–Crippen LogP) is 1.36. The molecule has 1 aliphatic rings. The summed E-state index contributed by atoms with van der Waals surface area (Å²) in [4.78, 5) is 2.56. The van der Waals surface area contributed by atoms with Crippen molar-refractivity contribution in [3.8, 4) is 0 Å². The highest BCUT2D eigenvalue weighted by molar-refractivity contribution is 5.05. The quantitative estimate of drug-likeness (QED) is 0.749. The molecule has 18 heavy (non-hydrogen) atoms. The molecule has 0 aliphatic carbocycles. The molecule has 102 valence electrons. The molecule has 1 aliphatic heterocycles. The molecular formula is C14H25N3O. The van der Waals surface area contributed by atoms with Crippen molar-refractivity contribution in [3.05, 3.63) is 23.7 Å². The van der Waals surface area contributed by atoms with Crippen molar-refractivity contribution in [2.75, 3.05) is 32.7 Å². The Morgan fingerprint density at radius 3 is 2.83 bits per heavy atom. The Kier molecular flexibility index (Phi) is 5.23. The zero-order valence-corrected chi connectivity index (χ0v) is 11.5. The molecule has 1 fully saturated rings. The van der Waals surface area contributed by atoms with Gasteiger partial charge in [-0.1, -0.05) is 0 Å². The van der Waals surface area contributed by atoms with Crippen LogP contribution in [0, 0.1) is 6.92 Å². The maximum atomic E-state index is 5.53. The van der Waals surface area contributed by atoms with E-state index in [4.69, 9.17) is 4.42 Å². The van der Waals surface area contributed by atoms with Gasteiger partial charge in [-0.25, -0.2) is 0 Å². The molecule has 1 aromatic heterocycles. The number of rotatable bonds is 6. The van der Waals surface area contributed by atoms with Crippen molar-refractivity contribution in [1.29, 1.82) is 0 Å². The minimum Gasteiger partial charge on any atom is -0.465 e. The lowest BCUT2D eigenvalue weighted by molar-refractivity contribution is 0.176. The number of furan rings is 1. The van der Waals surface area contributed by atoms with E-state index in [-0.39, 0.29) is 0 Å². The summed E-state index contributed by atoms with van der Waals surface area (Å²) in [6.07, 6.45) is 1.19. The van der Waals surface area contributed by atoms with E-state index >= 15 is 0 Å². The Bertz CT molecular complexity index is 345. The monoisotopic (exact) mass is 251 g/mol. The second kappa shape index (κ2) is 6.92. The van der Waals surface area contributed by atoms with Gasteiger partial charge in [-0.3, -0.25) is 4.90 Å². The predicted molar refractivity (Wildman–Crippen MR) is 73.7 cm³/mol. The molecule has 1 atom stereocenters. The van der Waals surface area contributed by atoms with E-state index in [0.717, 1.165) is 37.7 Å². The smallest absolute Gasteiger partial charge is 0.117 e. The molecule has 0 saturated carbocycles. The Labute approximate surface area is 110 Å². The number of nitrogens with zero attached hydrogens (tertiary/aromatic N) is 1. The number of piperazine rings is 1. The first-order valence-electron chi connectivity index (χ1n) is 6.96. The summed E-state index contributed by atoms with van der Waals surface area (Å²) >= 11 is 0. The van der Waals surface area contributed by atoms with E-state index in [2.05, 4.69) is 22.5 Å². The largest absolute Gasteiger partial charge is 0.465 e. The molecule has 4 nitrogen and oxygen atoms in total. The molecular weight excluding hydrogens is 226 g/mol. The highest BCUT2D eigenvalue weighted by atomic mass is 16.3. The van der Waals surface area contributed by atoms with Crippen LogP contribution < -0.4 is 10.6 Å². The summed E-state index contributed by atoms with van der Waals surface area (Å²) in [5.74, 6) is 2.02. The lowest BCUT2D eigenvalue weighted by atomic mass is 10.2. The fraction of sp³-hybridized carbons (Fsp3) is 0.714. The van der Waals surface area contributed by atoms with Crippen molar-refractivity contribution in [2.24, 2.45) is 0 Å². The Morgan fingerprint density at radius 1 is 1.39 bits per heavy atom. The summed E-state index contributed by atoms with van der Waals surface area (Å²) in [5.41, 5.74) is 0. The van der Waals surface area contributed by atoms with Gasteiger partial charge < -0.3 is 15.1 Å². The van der Waals surface area contributed by atoms with Crippen molar-refractivity contribution in [1.82, 2.24) is 15.5 Å². The fourth-order valence-electron chi connectivity index (χ4n) is 2.41. The van der Waals surface area contributed by atoms with Crippen molar-refractivity contribution in [3.63, 3.8) is 0 Å². The summed E-state index contributed by atoms with van der Waals surface area (Å²) < 4.78 is 5.53. The van der Waals surface area contributed by atoms with Crippen LogP contribution in [0.5, 0.6) is 0 Å². The third-order valence-corrected chi connectivity index (χ3v) is 3.61. The fourth-order valence-corrected chi connectivity index (χ4v) is 2.41. The zero-order chi connectivity index (χ0) is 12.8. The molecule has 1 saturated heterocycles. The zero-order valence-electron chi connectivity index (χ0n) is 11.5. The summed E-state index contributed by atoms with van der Waals surface area (Å²) in [6.45, 7) is 10.8. The maximum Gasteiger partial charge on any atom is 0.117 e. The van der Waals surface area contributed by atoms with Gasteiger partial charge in [0.1, 0.15) is 11.5 Å². The summed E-state index contributed by atoms with van der Waals surface area (Å²) in [7, 11) is 0. The SMILES string of the molecule is Cc1ccc(CNCCC(C)N2CCNCC2)o1. The van der Waals surface area contributed by atoms with Gasteiger partial charge in [0.15, 0.2) is 0 Å². The summed E-state index contributed by atoms with van der Waals surface area (Å²) in [6, 6.07) is 4.72. The third-order valence-electron chi connectivity index (χ3n) is 3.61. The number of hydrogen-bond acceptors (Lipinski definition) is 4. The van der Waals surface area contributed by atoms with Crippen LogP contribution in [0.3, 0.4) is 0 Å². The second-order valence-corrected chi connectivity index (χ2v) is 5.11. The Balaban J connectivity index is 1.59. The van der Waals surface area contributed by atoms with Gasteiger partial charge in [0.2, 0.25) is 0 Å². The molecule has 0 aromatic carbocycles. The number of hydrogen-bond donors (Lipinski definition) is 2. The van der Waals surface area contributed by atoms with Crippen molar-refractivity contribution < 1.29 is 4.42 Å². The molecule has 0 amide bonds. The third kappa shape index (κ3) is 4.12. The van der Waals surface area contributed by atoms with E-state index in [9.17, 15) is 0 Å². The Hall–Kier alpha value is -0.840. The molecule has 2 rings (SSSR count). The van der Waals surface area contributed by atoms with Crippen LogP contribution in [0.15, 0.2) is 16.5 Å². The lowest BCUT2D eigenvalue weighted by Gasteiger charge is -2.32. The molecule has 1 unspecified atom stereocenters. The van der Waals surface area contributed by atoms with Gasteiger partial charge in [-0.15, -0.1) is 0 Å². The van der Waals surface area contributed by atoms with E-state index in [1.54, 1.807) is 0 Å². The van der Waals surface area contributed by atoms with Crippen LogP contribution in [0.2, 0.25) is 0 Å². The first kappa shape index (κ1) is 13.6. The molecule has 0 radical (unpaired) electrons. The standard InChI is InChI=1S/C14H25N3O/c1-12(17-9-7-15-8-10-17)5-6-16-11-14-4-3-13(2)18-14/h3-4,12,15-16H,5-11H2,1-2H3. The molecule has 0 spiro atoms. The molecule has 2 heterocycles. The van der Waals surface area contributed by atoms with Crippen molar-refractivity contribution in [2.45, 2.75) is 32.9 Å². The van der Waals surface area contributed by atoms with Crippen LogP contribution in [-0.4, -0.2) is 43.7 Å². The maximum absolute atomic E-state index is 5.53. The minimum absolute atomic E-state index is 0.665. The van der Waals surface area contributed by atoms with Gasteiger partial charge in [-0.2, -0.15) is 0 Å². The highest BCUT2D eigenvalue weighted by Crippen LogP contribution is 2.07. The first-order chi connectivity index (χ1) is 8.75. The molecule has 2 N–H and O–H groups in total. The van der Waals surface area contributed by atoms with E-state index < -0.39 is 0 Å². The van der Waals surface area contributed by atoms with Gasteiger partial charge in [-0.05, 0) is 38.9 Å². The molecule has 0 bridgehead atoms. The number of aryl methyl sites for hydroxylation is 1. The molecule has 1 aromatic rings. The van der Waals surface area contributed by atoms with Gasteiger partial charge in [0.05, 0.1) is 6.54 Å². The van der Waals surface area contributed by atoms with Crippen LogP contribution >= 0.6 is 0 Å². The van der Waals surface area contributed by atoms with Crippen LogP contribution in [0.25, 0.3) is 0 Å². The lowest BCUT2D eigenvalue weighted by Crippen LogP contribution is -2.48. The van der Waals surface area contributed by atoms with Crippen LogP contribution in [-0.2, 0) is 6.54 Å². The van der Waals surface area contributed by atoms with Gasteiger partial charge >= 0.3 is 0 Å². The van der Waals surface area contributed by atoms with E-state index in [0.29, 0.717) is 6.04 Å². The van der Waals surface area contributed by atoms with Gasteiger partial charge in [0.25, 0.3) is 0 Å². The first-order valence-corrected chi connectivity index (χ1v) is 6.96. The average molecular weight is 251 g/mol. The molecule has 4 heteroatoms. The highest BCUT2D eigenvalue weighted by Gasteiger charge is 2.15. The topological polar surface area (TPSA) is 40.4 Å². The average Bonchev–Trinajstić information content (AvgIpc) is 2.81. The number of nitrogens with one attached hydrogen (secondary N) is 2. The minimum atomic E-state index is 0.665. The summed E-state index contributed by atoms with van der Waals surface area (Å²) in [5, 5.41) is 6.84. The van der Waals surface area contributed by atoms with E-state index in [1.165, 1.54) is 19.5 Å². The Morgan fingerprint density at radius 2 is 2.17 bits per heavy atom. The van der Waals surface area contributed by atoms with Crippen LogP contribution in [0.4, 0.5) is 0 Å². The second-order valence-electron chi connectivity index (χ2n) is 5.11. The van der Waals surface area contributed by atoms with E-state index in [1.807, 2.05) is 19.1 Å². The van der Waals surface area contributed by atoms with Crippen molar-refractivity contribution >= 4 is 0 Å². The van der Waals surface area contributed by atoms with Crippen LogP contribution in [0.1, 0.15) is 24.9 Å².